The number of benzene rings is 1. The van der Waals surface area contributed by atoms with Gasteiger partial charge in [-0.3, -0.25) is 4.72 Å². The van der Waals surface area contributed by atoms with Gasteiger partial charge in [-0.05, 0) is 50.0 Å². The molecule has 1 saturated heterocycles. The predicted molar refractivity (Wildman–Crippen MR) is 98.1 cm³/mol. The van der Waals surface area contributed by atoms with E-state index in [2.05, 4.69) is 21.8 Å². The summed E-state index contributed by atoms with van der Waals surface area (Å²) in [5.41, 5.74) is 1.70. The van der Waals surface area contributed by atoms with Gasteiger partial charge < -0.3 is 4.90 Å². The van der Waals surface area contributed by atoms with Crippen LogP contribution in [0.5, 0.6) is 0 Å². The molecule has 23 heavy (non-hydrogen) atoms. The molecule has 1 fully saturated rings. The average molecular weight is 337 g/mol. The van der Waals surface area contributed by atoms with Crippen molar-refractivity contribution in [2.75, 3.05) is 30.6 Å². The lowest BCUT2D eigenvalue weighted by Gasteiger charge is -2.23. The molecule has 0 aromatic heterocycles. The number of nitrogens with zero attached hydrogens (tertiary/aromatic N) is 1. The van der Waals surface area contributed by atoms with Gasteiger partial charge in [0.05, 0.1) is 6.26 Å². The van der Waals surface area contributed by atoms with E-state index < -0.39 is 10.0 Å². The SMILES string of the molecule is CS(=O)(=O)Nc1ccc(/C=C/CCN2CCCCCCC2)cc1. The number of anilines is 1. The van der Waals surface area contributed by atoms with E-state index in [0.717, 1.165) is 24.8 Å². The summed E-state index contributed by atoms with van der Waals surface area (Å²) < 4.78 is 24.8. The van der Waals surface area contributed by atoms with Crippen LogP contribution in [0.2, 0.25) is 0 Å². The fourth-order valence-corrected chi connectivity index (χ4v) is 3.45. The van der Waals surface area contributed by atoms with Crippen LogP contribution in [0.4, 0.5) is 5.69 Å². The lowest BCUT2D eigenvalue weighted by molar-refractivity contribution is 0.252. The summed E-state index contributed by atoms with van der Waals surface area (Å²) in [5, 5.41) is 0. The number of rotatable bonds is 6. The molecule has 1 N–H and O–H groups in total. The van der Waals surface area contributed by atoms with Crippen LogP contribution in [0.3, 0.4) is 0 Å². The number of likely N-dealkylation sites (tertiary alicyclic amines) is 1. The lowest BCUT2D eigenvalue weighted by atomic mass is 10.1. The summed E-state index contributed by atoms with van der Waals surface area (Å²) in [4.78, 5) is 2.57. The molecule has 0 unspecified atom stereocenters. The molecule has 128 valence electrons. The summed E-state index contributed by atoms with van der Waals surface area (Å²) in [5.74, 6) is 0. The zero-order chi connectivity index (χ0) is 16.5. The second-order valence-electron chi connectivity index (χ2n) is 6.30. The molecule has 5 heteroatoms. The van der Waals surface area contributed by atoms with Crippen molar-refractivity contribution in [1.82, 2.24) is 4.90 Å². The summed E-state index contributed by atoms with van der Waals surface area (Å²) in [7, 11) is -3.20. The topological polar surface area (TPSA) is 49.4 Å². The molecule has 4 nitrogen and oxygen atoms in total. The molecule has 0 aliphatic carbocycles. The van der Waals surface area contributed by atoms with Crippen LogP contribution < -0.4 is 4.72 Å². The smallest absolute Gasteiger partial charge is 0.229 e. The Morgan fingerprint density at radius 3 is 2.26 bits per heavy atom. The Labute approximate surface area is 140 Å². The molecule has 0 atom stereocenters. The minimum Gasteiger partial charge on any atom is -0.303 e. The minimum absolute atomic E-state index is 0.602. The first-order valence-corrected chi connectivity index (χ1v) is 10.4. The van der Waals surface area contributed by atoms with Crippen molar-refractivity contribution in [3.05, 3.63) is 35.9 Å². The van der Waals surface area contributed by atoms with Crippen LogP contribution in [0.25, 0.3) is 6.08 Å². The van der Waals surface area contributed by atoms with Gasteiger partial charge >= 0.3 is 0 Å². The van der Waals surface area contributed by atoms with E-state index in [1.807, 2.05) is 12.1 Å². The molecule has 1 aromatic carbocycles. The number of hydrogen-bond donors (Lipinski definition) is 1. The van der Waals surface area contributed by atoms with Crippen molar-refractivity contribution in [3.8, 4) is 0 Å². The fraction of sp³-hybridized carbons (Fsp3) is 0.556. The zero-order valence-corrected chi connectivity index (χ0v) is 14.8. The third-order valence-corrected chi connectivity index (χ3v) is 4.69. The highest BCUT2D eigenvalue weighted by atomic mass is 32.2. The maximum atomic E-state index is 11.2. The van der Waals surface area contributed by atoms with Crippen molar-refractivity contribution in [2.24, 2.45) is 0 Å². The first kappa shape index (κ1) is 18.0. The standard InChI is InChI=1S/C18H28N2O2S/c1-23(21,22)19-18-12-10-17(11-13-18)9-5-8-16-20-14-6-3-2-4-7-15-20/h5,9-13,19H,2-4,6-8,14-16H2,1H3/b9-5+. The van der Waals surface area contributed by atoms with Gasteiger partial charge in [0.1, 0.15) is 0 Å². The maximum absolute atomic E-state index is 11.2. The van der Waals surface area contributed by atoms with Crippen molar-refractivity contribution in [1.29, 1.82) is 0 Å². The van der Waals surface area contributed by atoms with Crippen LogP contribution in [0.1, 0.15) is 44.1 Å². The fourth-order valence-electron chi connectivity index (χ4n) is 2.89. The summed E-state index contributed by atoms with van der Waals surface area (Å²) in [6.07, 6.45) is 13.3. The van der Waals surface area contributed by atoms with Crippen LogP contribution in [-0.4, -0.2) is 39.2 Å². The Morgan fingerprint density at radius 1 is 1.04 bits per heavy atom. The molecule has 0 radical (unpaired) electrons. The molecule has 1 aliphatic rings. The molecule has 0 bridgehead atoms. The summed E-state index contributed by atoms with van der Waals surface area (Å²) in [6.45, 7) is 3.60. The first-order valence-electron chi connectivity index (χ1n) is 8.50. The largest absolute Gasteiger partial charge is 0.303 e. The molecular formula is C18H28N2O2S. The molecule has 1 heterocycles. The molecule has 0 spiro atoms. The maximum Gasteiger partial charge on any atom is 0.229 e. The second-order valence-corrected chi connectivity index (χ2v) is 8.05. The Morgan fingerprint density at radius 2 is 1.65 bits per heavy atom. The minimum atomic E-state index is -3.20. The van der Waals surface area contributed by atoms with E-state index in [9.17, 15) is 8.42 Å². The van der Waals surface area contributed by atoms with Gasteiger partial charge in [0.15, 0.2) is 0 Å². The Kier molecular flexibility index (Phi) is 7.12. The van der Waals surface area contributed by atoms with Gasteiger partial charge in [-0.15, -0.1) is 0 Å². The lowest BCUT2D eigenvalue weighted by Crippen LogP contribution is -2.28. The van der Waals surface area contributed by atoms with Crippen LogP contribution in [0, 0.1) is 0 Å². The van der Waals surface area contributed by atoms with Crippen molar-refractivity contribution in [3.63, 3.8) is 0 Å². The van der Waals surface area contributed by atoms with Crippen LogP contribution in [-0.2, 0) is 10.0 Å². The highest BCUT2D eigenvalue weighted by Gasteiger charge is 2.06. The molecular weight excluding hydrogens is 308 g/mol. The van der Waals surface area contributed by atoms with Crippen molar-refractivity contribution < 1.29 is 8.42 Å². The van der Waals surface area contributed by atoms with Gasteiger partial charge in [-0.2, -0.15) is 0 Å². The van der Waals surface area contributed by atoms with Gasteiger partial charge in [0, 0.05) is 12.2 Å². The average Bonchev–Trinajstić information content (AvgIpc) is 2.45. The monoisotopic (exact) mass is 336 g/mol. The zero-order valence-electron chi connectivity index (χ0n) is 14.0. The predicted octanol–water partition coefficient (Wildman–Crippen LogP) is 3.73. The highest BCUT2D eigenvalue weighted by Crippen LogP contribution is 2.13. The highest BCUT2D eigenvalue weighted by molar-refractivity contribution is 7.92. The molecule has 1 aromatic rings. The van der Waals surface area contributed by atoms with Crippen LogP contribution >= 0.6 is 0 Å². The summed E-state index contributed by atoms with van der Waals surface area (Å²) >= 11 is 0. The molecule has 0 saturated carbocycles. The number of hydrogen-bond acceptors (Lipinski definition) is 3. The van der Waals surface area contributed by atoms with E-state index in [0.29, 0.717) is 5.69 Å². The molecule has 1 aliphatic heterocycles. The Balaban J connectivity index is 1.76. The molecule has 2 rings (SSSR count). The quantitative estimate of drug-likeness (QED) is 0.861. The van der Waals surface area contributed by atoms with E-state index in [-0.39, 0.29) is 0 Å². The Hall–Kier alpha value is -1.33. The molecule has 0 amide bonds. The van der Waals surface area contributed by atoms with Gasteiger partial charge in [0.2, 0.25) is 10.0 Å². The van der Waals surface area contributed by atoms with Gasteiger partial charge in [-0.25, -0.2) is 8.42 Å². The van der Waals surface area contributed by atoms with Crippen molar-refractivity contribution in [2.45, 2.75) is 38.5 Å². The van der Waals surface area contributed by atoms with Gasteiger partial charge in [-0.1, -0.05) is 43.5 Å². The van der Waals surface area contributed by atoms with Gasteiger partial charge in [0.25, 0.3) is 0 Å². The van der Waals surface area contributed by atoms with E-state index in [1.54, 1.807) is 12.1 Å². The van der Waals surface area contributed by atoms with Crippen molar-refractivity contribution >= 4 is 21.8 Å². The van der Waals surface area contributed by atoms with Crippen LogP contribution in [0.15, 0.2) is 30.3 Å². The summed E-state index contributed by atoms with van der Waals surface area (Å²) in [6, 6.07) is 7.44. The number of sulfonamides is 1. The third kappa shape index (κ3) is 7.66. The van der Waals surface area contributed by atoms with E-state index in [1.165, 1.54) is 45.2 Å². The third-order valence-electron chi connectivity index (χ3n) is 4.08. The Bertz CT molecular complexity index is 586. The van der Waals surface area contributed by atoms with E-state index in [4.69, 9.17) is 0 Å². The first-order chi connectivity index (χ1) is 11.0. The normalized spacial score (nSPS) is 17.8. The number of nitrogens with one attached hydrogen (secondary N) is 1. The van der Waals surface area contributed by atoms with E-state index >= 15 is 0 Å². The second kappa shape index (κ2) is 9.08.